The van der Waals surface area contributed by atoms with Gasteiger partial charge in [0.25, 0.3) is 0 Å². The van der Waals surface area contributed by atoms with E-state index in [0.717, 1.165) is 5.56 Å². The maximum absolute atomic E-state index is 14.5. The van der Waals surface area contributed by atoms with Gasteiger partial charge in [0.1, 0.15) is 17.6 Å². The largest absolute Gasteiger partial charge is 0.493 e. The second-order valence-corrected chi connectivity index (χ2v) is 10.6. The second kappa shape index (κ2) is 12.1. The van der Waals surface area contributed by atoms with Crippen LogP contribution in [0.3, 0.4) is 0 Å². The van der Waals surface area contributed by atoms with Crippen LogP contribution in [0.4, 0.5) is 4.39 Å². The molecule has 9 nitrogen and oxygen atoms in total. The Morgan fingerprint density at radius 3 is 2.69 bits per heavy atom. The number of nitrogens with one attached hydrogen (secondary N) is 2. The van der Waals surface area contributed by atoms with Crippen LogP contribution in [-0.4, -0.2) is 83.6 Å². The lowest BCUT2D eigenvalue weighted by molar-refractivity contribution is -0.141. The van der Waals surface area contributed by atoms with Crippen molar-refractivity contribution in [3.63, 3.8) is 0 Å². The molecule has 3 aliphatic rings. The molecule has 3 N–H and O–H groups in total. The van der Waals surface area contributed by atoms with Crippen LogP contribution in [0, 0.1) is 11.7 Å². The van der Waals surface area contributed by atoms with E-state index in [9.17, 15) is 23.9 Å². The van der Waals surface area contributed by atoms with Crippen LogP contribution in [0.25, 0.3) is 0 Å². The number of fused-ring (bicyclic) bond motifs is 4. The third-order valence-electron chi connectivity index (χ3n) is 7.68. The third kappa shape index (κ3) is 6.57. The van der Waals surface area contributed by atoms with Gasteiger partial charge in [0.05, 0.1) is 24.7 Å². The number of rotatable bonds is 4. The minimum absolute atomic E-state index is 0.0757. The van der Waals surface area contributed by atoms with Crippen molar-refractivity contribution >= 4 is 17.7 Å². The molecule has 1 unspecified atom stereocenters. The predicted octanol–water partition coefficient (Wildman–Crippen LogP) is 1.24. The van der Waals surface area contributed by atoms with E-state index in [4.69, 9.17) is 4.74 Å². The SMILES string of the molecule is O=C1N[C@H]([C@H](O)[C@@H]2NCCN(Cc3ccccc3)C2=O)Cc2cc(F)cc(c2)OCCCCN2CC1CC2=O. The molecule has 2 fully saturated rings. The van der Waals surface area contributed by atoms with E-state index in [1.807, 2.05) is 30.3 Å². The number of aliphatic hydroxyl groups is 1. The number of hydrogen-bond acceptors (Lipinski definition) is 6. The number of ether oxygens (including phenoxy) is 1. The van der Waals surface area contributed by atoms with Crippen LogP contribution in [0.15, 0.2) is 48.5 Å². The first-order valence-electron chi connectivity index (χ1n) is 13.6. The molecule has 2 saturated heterocycles. The summed E-state index contributed by atoms with van der Waals surface area (Å²) in [6.07, 6.45) is 0.272. The molecule has 4 atom stereocenters. The van der Waals surface area contributed by atoms with Crippen molar-refractivity contribution in [3.8, 4) is 5.75 Å². The van der Waals surface area contributed by atoms with E-state index in [1.54, 1.807) is 15.9 Å². The molecule has 0 aromatic heterocycles. The molecule has 208 valence electrons. The zero-order chi connectivity index (χ0) is 27.4. The molecule has 39 heavy (non-hydrogen) atoms. The number of benzene rings is 2. The van der Waals surface area contributed by atoms with E-state index in [1.165, 1.54) is 12.1 Å². The summed E-state index contributed by atoms with van der Waals surface area (Å²) in [5.41, 5.74) is 1.50. The van der Waals surface area contributed by atoms with Gasteiger partial charge in [-0.1, -0.05) is 30.3 Å². The first kappa shape index (κ1) is 27.1. The molecule has 5 rings (SSSR count). The molecule has 2 aromatic rings. The maximum Gasteiger partial charge on any atom is 0.242 e. The van der Waals surface area contributed by atoms with Gasteiger partial charge in [0, 0.05) is 45.2 Å². The summed E-state index contributed by atoms with van der Waals surface area (Å²) in [4.78, 5) is 42.7. The van der Waals surface area contributed by atoms with E-state index >= 15 is 0 Å². The lowest BCUT2D eigenvalue weighted by Gasteiger charge is -2.38. The van der Waals surface area contributed by atoms with Crippen LogP contribution in [-0.2, 0) is 27.3 Å². The fourth-order valence-electron chi connectivity index (χ4n) is 5.60. The van der Waals surface area contributed by atoms with Gasteiger partial charge in [-0.25, -0.2) is 4.39 Å². The first-order valence-corrected chi connectivity index (χ1v) is 13.6. The standard InChI is InChI=1S/C29H35FN4O5/c30-22-12-20-13-23(16-22)39-11-5-4-9-33-18-21(15-25(33)35)28(37)32-24(14-20)27(36)26-29(38)34(10-8-31-26)17-19-6-2-1-3-7-19/h1-3,6-7,12-13,16,21,24,26-27,31,36H,4-5,8-11,14-15,17-18H2,(H,32,37)/t21?,24-,26-,27-/m0/s1. The van der Waals surface area contributed by atoms with Crippen molar-refractivity contribution in [2.45, 2.75) is 50.4 Å². The normalized spacial score (nSPS) is 25.4. The summed E-state index contributed by atoms with van der Waals surface area (Å²) in [7, 11) is 0. The molecule has 3 heterocycles. The van der Waals surface area contributed by atoms with Gasteiger partial charge in [-0.15, -0.1) is 0 Å². The number of carbonyl (C=O) groups excluding carboxylic acids is 3. The summed E-state index contributed by atoms with van der Waals surface area (Å²) in [6.45, 7) is 2.57. The Hall–Kier alpha value is -3.50. The molecule has 10 heteroatoms. The maximum atomic E-state index is 14.5. The highest BCUT2D eigenvalue weighted by molar-refractivity contribution is 5.89. The second-order valence-electron chi connectivity index (χ2n) is 10.6. The Bertz CT molecular complexity index is 1200. The highest BCUT2D eigenvalue weighted by Crippen LogP contribution is 2.23. The molecule has 0 aliphatic carbocycles. The molecular weight excluding hydrogens is 503 g/mol. The Balaban J connectivity index is 1.39. The smallest absolute Gasteiger partial charge is 0.242 e. The van der Waals surface area contributed by atoms with Crippen LogP contribution in [0.2, 0.25) is 0 Å². The topological polar surface area (TPSA) is 111 Å². The monoisotopic (exact) mass is 538 g/mol. The first-order chi connectivity index (χ1) is 18.9. The highest BCUT2D eigenvalue weighted by Gasteiger charge is 2.40. The zero-order valence-corrected chi connectivity index (χ0v) is 21.9. The average molecular weight is 539 g/mol. The average Bonchev–Trinajstić information content (AvgIpc) is 3.29. The van der Waals surface area contributed by atoms with Crippen molar-refractivity contribution in [3.05, 3.63) is 65.5 Å². The number of amides is 3. The van der Waals surface area contributed by atoms with E-state index in [-0.39, 0.29) is 30.6 Å². The summed E-state index contributed by atoms with van der Waals surface area (Å²) >= 11 is 0. The molecule has 3 aliphatic heterocycles. The van der Waals surface area contributed by atoms with Gasteiger partial charge in [-0.2, -0.15) is 0 Å². The third-order valence-corrected chi connectivity index (χ3v) is 7.68. The van der Waals surface area contributed by atoms with E-state index < -0.39 is 29.9 Å². The molecule has 3 amide bonds. The summed E-state index contributed by atoms with van der Waals surface area (Å²) in [6, 6.07) is 12.1. The Kier molecular flexibility index (Phi) is 8.42. The number of piperazine rings is 1. The Labute approximate surface area is 227 Å². The molecule has 0 saturated carbocycles. The van der Waals surface area contributed by atoms with Crippen molar-refractivity contribution < 1.29 is 28.6 Å². The predicted molar refractivity (Wildman–Crippen MR) is 141 cm³/mol. The van der Waals surface area contributed by atoms with Gasteiger partial charge >= 0.3 is 0 Å². The van der Waals surface area contributed by atoms with Crippen LogP contribution >= 0.6 is 0 Å². The van der Waals surface area contributed by atoms with E-state index in [0.29, 0.717) is 63.5 Å². The van der Waals surface area contributed by atoms with Crippen molar-refractivity contribution in [1.29, 1.82) is 0 Å². The zero-order valence-electron chi connectivity index (χ0n) is 21.9. The fourth-order valence-corrected chi connectivity index (χ4v) is 5.60. The summed E-state index contributed by atoms with van der Waals surface area (Å²) in [5.74, 6) is -1.38. The number of carbonyl (C=O) groups is 3. The molecule has 4 bridgehead atoms. The molecule has 0 radical (unpaired) electrons. The molecular formula is C29H35FN4O5. The van der Waals surface area contributed by atoms with Gasteiger partial charge in [-0.05, 0) is 42.5 Å². The lowest BCUT2D eigenvalue weighted by Crippen LogP contribution is -2.64. The number of aliphatic hydroxyl groups excluding tert-OH is 1. The Morgan fingerprint density at radius 1 is 1.05 bits per heavy atom. The summed E-state index contributed by atoms with van der Waals surface area (Å²) in [5, 5.41) is 17.5. The summed E-state index contributed by atoms with van der Waals surface area (Å²) < 4.78 is 20.3. The number of nitrogens with zero attached hydrogens (tertiary/aromatic N) is 2. The lowest BCUT2D eigenvalue weighted by atomic mass is 9.93. The van der Waals surface area contributed by atoms with Gasteiger partial charge in [0.15, 0.2) is 0 Å². The fraction of sp³-hybridized carbons (Fsp3) is 0.483. The van der Waals surface area contributed by atoms with Crippen molar-refractivity contribution in [2.24, 2.45) is 5.92 Å². The van der Waals surface area contributed by atoms with Crippen molar-refractivity contribution in [1.82, 2.24) is 20.4 Å². The highest BCUT2D eigenvalue weighted by atomic mass is 19.1. The van der Waals surface area contributed by atoms with Gasteiger partial charge in [0.2, 0.25) is 17.7 Å². The minimum atomic E-state index is -1.29. The van der Waals surface area contributed by atoms with Gasteiger partial charge in [-0.3, -0.25) is 14.4 Å². The van der Waals surface area contributed by atoms with E-state index in [2.05, 4.69) is 10.6 Å². The quantitative estimate of drug-likeness (QED) is 0.540. The minimum Gasteiger partial charge on any atom is -0.493 e. The Morgan fingerprint density at radius 2 is 1.87 bits per heavy atom. The molecule has 2 aromatic carbocycles. The van der Waals surface area contributed by atoms with Gasteiger partial charge < -0.3 is 30.3 Å². The number of hydrogen-bond donors (Lipinski definition) is 3. The van der Waals surface area contributed by atoms with Crippen molar-refractivity contribution in [2.75, 3.05) is 32.8 Å². The molecule has 0 spiro atoms. The van der Waals surface area contributed by atoms with Crippen LogP contribution in [0.5, 0.6) is 5.75 Å². The van der Waals surface area contributed by atoms with Crippen LogP contribution < -0.4 is 15.4 Å². The van der Waals surface area contributed by atoms with Crippen LogP contribution in [0.1, 0.15) is 30.4 Å². The number of halogens is 1.